The summed E-state index contributed by atoms with van der Waals surface area (Å²) in [6.45, 7) is 4.86. The minimum Gasteiger partial charge on any atom is -0.330 e. The van der Waals surface area contributed by atoms with Gasteiger partial charge in [0.25, 0.3) is 11.5 Å². The third kappa shape index (κ3) is 6.04. The maximum Gasteiger partial charge on any atom is 0.261 e. The molecule has 4 aromatic rings. The zero-order chi connectivity index (χ0) is 26.5. The molecule has 8 heteroatoms. The first kappa shape index (κ1) is 26.9. The second-order valence-corrected chi connectivity index (χ2v) is 10.2. The number of carbonyl (C=O) groups excluding carboxylic acids is 1. The Kier molecular flexibility index (Phi) is 8.64. The first-order valence-corrected chi connectivity index (χ1v) is 13.1. The van der Waals surface area contributed by atoms with Crippen LogP contribution in [-0.2, 0) is 6.42 Å². The Morgan fingerprint density at radius 2 is 1.70 bits per heavy atom. The molecule has 1 unspecified atom stereocenters. The lowest BCUT2D eigenvalue weighted by Gasteiger charge is -2.35. The van der Waals surface area contributed by atoms with Crippen LogP contribution in [-0.4, -0.2) is 33.3 Å². The van der Waals surface area contributed by atoms with Gasteiger partial charge >= 0.3 is 0 Å². The number of nitrogens with zero attached hydrogens (tertiary/aromatic N) is 3. The highest BCUT2D eigenvalue weighted by Crippen LogP contribution is 2.32. The fourth-order valence-electron chi connectivity index (χ4n) is 4.65. The average Bonchev–Trinajstić information content (AvgIpc) is 2.88. The van der Waals surface area contributed by atoms with Gasteiger partial charge in [-0.2, -0.15) is 0 Å². The van der Waals surface area contributed by atoms with E-state index >= 15 is 0 Å². The van der Waals surface area contributed by atoms with E-state index in [1.165, 1.54) is 0 Å². The Bertz CT molecular complexity index is 1430. The van der Waals surface area contributed by atoms with Crippen molar-refractivity contribution < 1.29 is 4.79 Å². The molecule has 0 spiro atoms. The highest BCUT2D eigenvalue weighted by Gasteiger charge is 2.33. The highest BCUT2D eigenvalue weighted by molar-refractivity contribution is 6.35. The molecule has 0 bridgehead atoms. The van der Waals surface area contributed by atoms with Gasteiger partial charge in [0.2, 0.25) is 0 Å². The molecule has 0 radical (unpaired) electrons. The largest absolute Gasteiger partial charge is 0.330 e. The van der Waals surface area contributed by atoms with Gasteiger partial charge in [-0.05, 0) is 54.8 Å². The van der Waals surface area contributed by atoms with Crippen molar-refractivity contribution >= 4 is 34.8 Å². The second-order valence-electron chi connectivity index (χ2n) is 9.36. The van der Waals surface area contributed by atoms with E-state index in [9.17, 15) is 9.59 Å². The van der Waals surface area contributed by atoms with Gasteiger partial charge in [-0.1, -0.05) is 73.4 Å². The van der Waals surface area contributed by atoms with Crippen molar-refractivity contribution in [2.75, 3.05) is 13.1 Å². The van der Waals surface area contributed by atoms with Crippen LogP contribution in [0.4, 0.5) is 0 Å². The molecule has 2 heterocycles. The molecule has 2 N–H and O–H groups in total. The van der Waals surface area contributed by atoms with E-state index in [2.05, 4.69) is 0 Å². The van der Waals surface area contributed by atoms with Crippen LogP contribution in [0.15, 0.2) is 77.7 Å². The standard InChI is InChI=1S/C29H30Cl2N4O2/c1-19(2)27(35(14-8-12-32)28(36)21-16-22(30)18-23(31)17-21)26-24(15-20-9-4-3-5-10-20)29(37)34-13-7-6-11-25(34)33-26/h3-7,9-11,13,16-19,27H,8,12,14-15,32H2,1-2H3. The van der Waals surface area contributed by atoms with Crippen molar-refractivity contribution in [1.82, 2.24) is 14.3 Å². The van der Waals surface area contributed by atoms with Crippen molar-refractivity contribution in [1.29, 1.82) is 0 Å². The maximum atomic E-state index is 13.9. The minimum atomic E-state index is -0.478. The topological polar surface area (TPSA) is 80.7 Å². The number of nitrogens with two attached hydrogens (primary N) is 1. The number of amides is 1. The zero-order valence-corrected chi connectivity index (χ0v) is 22.4. The molecule has 6 nitrogen and oxygen atoms in total. The van der Waals surface area contributed by atoms with E-state index in [-0.39, 0.29) is 17.4 Å². The summed E-state index contributed by atoms with van der Waals surface area (Å²) in [6.07, 6.45) is 2.70. The molecular weight excluding hydrogens is 507 g/mol. The lowest BCUT2D eigenvalue weighted by atomic mass is 9.92. The van der Waals surface area contributed by atoms with Crippen LogP contribution in [0.1, 0.15) is 53.5 Å². The number of carbonyl (C=O) groups is 1. The summed E-state index contributed by atoms with van der Waals surface area (Å²) in [4.78, 5) is 34.5. The second kappa shape index (κ2) is 11.9. The van der Waals surface area contributed by atoms with Crippen LogP contribution in [0, 0.1) is 5.92 Å². The Morgan fingerprint density at radius 1 is 1.03 bits per heavy atom. The van der Waals surface area contributed by atoms with Gasteiger partial charge < -0.3 is 10.6 Å². The molecule has 2 aromatic carbocycles. The van der Waals surface area contributed by atoms with Crippen LogP contribution in [0.25, 0.3) is 5.65 Å². The van der Waals surface area contributed by atoms with Crippen molar-refractivity contribution in [2.45, 2.75) is 32.7 Å². The van der Waals surface area contributed by atoms with Gasteiger partial charge in [0.05, 0.1) is 11.7 Å². The van der Waals surface area contributed by atoms with Crippen LogP contribution in [0.5, 0.6) is 0 Å². The summed E-state index contributed by atoms with van der Waals surface area (Å²) in [6, 6.07) is 19.6. The Labute approximate surface area is 226 Å². The van der Waals surface area contributed by atoms with E-state index in [0.29, 0.717) is 58.4 Å². The summed E-state index contributed by atoms with van der Waals surface area (Å²) in [7, 11) is 0. The van der Waals surface area contributed by atoms with E-state index < -0.39 is 6.04 Å². The molecule has 0 aliphatic rings. The predicted octanol–water partition coefficient (Wildman–Crippen LogP) is 5.78. The fourth-order valence-corrected chi connectivity index (χ4v) is 5.17. The summed E-state index contributed by atoms with van der Waals surface area (Å²) >= 11 is 12.5. The molecule has 4 rings (SSSR count). The van der Waals surface area contributed by atoms with E-state index in [0.717, 1.165) is 5.56 Å². The van der Waals surface area contributed by atoms with E-state index in [4.69, 9.17) is 33.9 Å². The molecule has 2 aromatic heterocycles. The van der Waals surface area contributed by atoms with Crippen LogP contribution >= 0.6 is 23.2 Å². The quantitative estimate of drug-likeness (QED) is 0.294. The molecule has 0 aliphatic carbocycles. The molecule has 192 valence electrons. The number of aromatic nitrogens is 2. The summed E-state index contributed by atoms with van der Waals surface area (Å²) in [5, 5.41) is 0.755. The molecule has 0 saturated carbocycles. The van der Waals surface area contributed by atoms with Gasteiger partial charge in [-0.15, -0.1) is 0 Å². The lowest BCUT2D eigenvalue weighted by molar-refractivity contribution is 0.0614. The first-order valence-electron chi connectivity index (χ1n) is 12.3. The number of halogens is 2. The minimum absolute atomic E-state index is 0.0519. The normalized spacial score (nSPS) is 12.2. The van der Waals surface area contributed by atoms with Crippen LogP contribution in [0.3, 0.4) is 0 Å². The first-order chi connectivity index (χ1) is 17.8. The van der Waals surface area contributed by atoms with Gasteiger partial charge in [-0.3, -0.25) is 14.0 Å². The van der Waals surface area contributed by atoms with Crippen molar-refractivity contribution in [3.63, 3.8) is 0 Å². The fraction of sp³-hybridized carbons (Fsp3) is 0.276. The summed E-state index contributed by atoms with van der Waals surface area (Å²) in [5.74, 6) is -0.291. The van der Waals surface area contributed by atoms with Gasteiger partial charge in [0, 0.05) is 40.3 Å². The predicted molar refractivity (Wildman–Crippen MR) is 149 cm³/mol. The van der Waals surface area contributed by atoms with Gasteiger partial charge in [-0.25, -0.2) is 4.98 Å². The van der Waals surface area contributed by atoms with Crippen LogP contribution in [0.2, 0.25) is 10.0 Å². The molecule has 1 atom stereocenters. The van der Waals surface area contributed by atoms with Crippen molar-refractivity contribution in [3.05, 3.63) is 116 Å². The number of rotatable bonds is 9. The summed E-state index contributed by atoms with van der Waals surface area (Å²) < 4.78 is 1.56. The van der Waals surface area contributed by atoms with Gasteiger partial charge in [0.1, 0.15) is 5.65 Å². The Morgan fingerprint density at radius 3 is 2.35 bits per heavy atom. The highest BCUT2D eigenvalue weighted by atomic mass is 35.5. The molecule has 1 amide bonds. The Balaban J connectivity index is 1.92. The maximum absolute atomic E-state index is 13.9. The number of hydrogen-bond donors (Lipinski definition) is 1. The smallest absolute Gasteiger partial charge is 0.261 e. The molecule has 0 fully saturated rings. The summed E-state index contributed by atoms with van der Waals surface area (Å²) in [5.41, 5.74) is 8.76. The number of fused-ring (bicyclic) bond motifs is 1. The third-order valence-electron chi connectivity index (χ3n) is 6.30. The average molecular weight is 537 g/mol. The number of pyridine rings is 1. The number of benzene rings is 2. The molecule has 0 aliphatic heterocycles. The Hall–Kier alpha value is -3.19. The number of hydrogen-bond acceptors (Lipinski definition) is 4. The van der Waals surface area contributed by atoms with Gasteiger partial charge in [0.15, 0.2) is 0 Å². The SMILES string of the molecule is CC(C)C(c1nc2ccccn2c(=O)c1Cc1ccccc1)N(CCCN)C(=O)c1cc(Cl)cc(Cl)c1. The molecule has 37 heavy (non-hydrogen) atoms. The molecule has 0 saturated heterocycles. The molecular formula is C29H30Cl2N4O2. The van der Waals surface area contributed by atoms with Crippen molar-refractivity contribution in [3.8, 4) is 0 Å². The van der Waals surface area contributed by atoms with E-state index in [1.54, 1.807) is 39.8 Å². The van der Waals surface area contributed by atoms with E-state index in [1.807, 2.05) is 56.3 Å². The monoisotopic (exact) mass is 536 g/mol. The lowest BCUT2D eigenvalue weighted by Crippen LogP contribution is -2.41. The zero-order valence-electron chi connectivity index (χ0n) is 20.9. The third-order valence-corrected chi connectivity index (χ3v) is 6.74. The van der Waals surface area contributed by atoms with Crippen molar-refractivity contribution in [2.24, 2.45) is 11.7 Å². The van der Waals surface area contributed by atoms with Crippen LogP contribution < -0.4 is 11.3 Å².